The molecule has 10 heteroatoms. The van der Waals surface area contributed by atoms with Gasteiger partial charge in [-0.15, -0.1) is 11.3 Å². The molecule has 4 rings (SSSR count). The van der Waals surface area contributed by atoms with Gasteiger partial charge in [0.2, 0.25) is 0 Å². The second-order valence-corrected chi connectivity index (χ2v) is 8.20. The van der Waals surface area contributed by atoms with Crippen LogP contribution in [0.4, 0.5) is 9.80 Å². The lowest BCUT2D eigenvalue weighted by atomic mass is 10.0. The number of ether oxygens (including phenoxy) is 2. The van der Waals surface area contributed by atoms with Crippen molar-refractivity contribution in [1.29, 1.82) is 0 Å². The minimum Gasteiger partial charge on any atom is -0.503 e. The van der Waals surface area contributed by atoms with E-state index >= 15 is 0 Å². The first-order valence-electron chi connectivity index (χ1n) is 9.13. The van der Waals surface area contributed by atoms with Gasteiger partial charge >= 0.3 is 6.09 Å². The number of fused-ring (bicyclic) bond motifs is 3. The first-order chi connectivity index (χ1) is 13.9. The van der Waals surface area contributed by atoms with Crippen molar-refractivity contribution in [2.24, 2.45) is 0 Å². The van der Waals surface area contributed by atoms with Crippen molar-refractivity contribution in [2.45, 2.75) is 26.1 Å². The van der Waals surface area contributed by atoms with Crippen molar-refractivity contribution < 1.29 is 24.2 Å². The SMILES string of the molecule is CCOC(=O)N1CCc2c(sc3c2C(=O)N[C@H](c2cc(Cl)c(O)c(OC)c2)N3)C1. The molecule has 2 amide bonds. The highest BCUT2D eigenvalue weighted by Crippen LogP contribution is 2.42. The van der Waals surface area contributed by atoms with E-state index in [2.05, 4.69) is 10.6 Å². The van der Waals surface area contributed by atoms with Crippen molar-refractivity contribution >= 4 is 39.9 Å². The van der Waals surface area contributed by atoms with E-state index in [4.69, 9.17) is 21.1 Å². The van der Waals surface area contributed by atoms with Crippen LogP contribution in [-0.2, 0) is 17.7 Å². The number of halogens is 1. The maximum Gasteiger partial charge on any atom is 0.410 e. The number of benzene rings is 1. The van der Waals surface area contributed by atoms with Crippen molar-refractivity contribution in [3.8, 4) is 11.5 Å². The Kier molecular flexibility index (Phi) is 5.18. The highest BCUT2D eigenvalue weighted by Gasteiger charge is 2.34. The van der Waals surface area contributed by atoms with Gasteiger partial charge < -0.3 is 30.1 Å². The molecule has 0 aliphatic carbocycles. The van der Waals surface area contributed by atoms with Crippen LogP contribution in [0.25, 0.3) is 0 Å². The second kappa shape index (κ2) is 7.64. The van der Waals surface area contributed by atoms with Gasteiger partial charge in [0.1, 0.15) is 11.2 Å². The molecule has 2 aliphatic heterocycles. The first kappa shape index (κ1) is 19.7. The molecule has 2 aromatic rings. The fourth-order valence-electron chi connectivity index (χ4n) is 3.57. The van der Waals surface area contributed by atoms with Gasteiger partial charge in [0, 0.05) is 11.4 Å². The van der Waals surface area contributed by atoms with Crippen LogP contribution in [-0.4, -0.2) is 42.3 Å². The summed E-state index contributed by atoms with van der Waals surface area (Å²) >= 11 is 7.55. The number of phenols is 1. The van der Waals surface area contributed by atoms with E-state index in [0.29, 0.717) is 37.2 Å². The summed E-state index contributed by atoms with van der Waals surface area (Å²) in [5.41, 5.74) is 2.25. The second-order valence-electron chi connectivity index (χ2n) is 6.68. The van der Waals surface area contributed by atoms with E-state index in [9.17, 15) is 14.7 Å². The Labute approximate surface area is 176 Å². The lowest BCUT2D eigenvalue weighted by Crippen LogP contribution is -2.39. The third kappa shape index (κ3) is 3.44. The monoisotopic (exact) mass is 437 g/mol. The fraction of sp³-hybridized carbons (Fsp3) is 0.368. The zero-order valence-corrected chi connectivity index (χ0v) is 17.4. The zero-order chi connectivity index (χ0) is 20.7. The largest absolute Gasteiger partial charge is 0.503 e. The van der Waals surface area contributed by atoms with E-state index < -0.39 is 6.17 Å². The number of aromatic hydroxyl groups is 1. The lowest BCUT2D eigenvalue weighted by molar-refractivity contribution is 0.0934. The molecule has 3 N–H and O–H groups in total. The molecule has 3 heterocycles. The van der Waals surface area contributed by atoms with Gasteiger partial charge in [-0.2, -0.15) is 0 Å². The number of phenolic OH excluding ortho intramolecular Hbond substituents is 1. The Morgan fingerprint density at radius 1 is 1.41 bits per heavy atom. The van der Waals surface area contributed by atoms with E-state index in [0.717, 1.165) is 15.4 Å². The van der Waals surface area contributed by atoms with Crippen LogP contribution in [0.1, 0.15) is 39.5 Å². The number of carbonyl (C=O) groups is 2. The Morgan fingerprint density at radius 2 is 2.21 bits per heavy atom. The standard InChI is InChI=1S/C19H20ClN3O5S/c1-3-28-19(26)23-5-4-10-13(8-23)29-18-14(10)17(25)21-16(22-18)9-6-11(20)15(24)12(7-9)27-2/h6-7,16,22,24H,3-5,8H2,1-2H3,(H,21,25)/t16-/m0/s1. The highest BCUT2D eigenvalue weighted by atomic mass is 35.5. The fourth-order valence-corrected chi connectivity index (χ4v) is 5.08. The van der Waals surface area contributed by atoms with Crippen molar-refractivity contribution in [2.75, 3.05) is 25.6 Å². The molecule has 1 aromatic heterocycles. The number of rotatable bonds is 3. The molecule has 0 saturated carbocycles. The van der Waals surface area contributed by atoms with E-state index in [1.165, 1.54) is 18.4 Å². The maximum absolute atomic E-state index is 12.9. The number of thiophene rings is 1. The summed E-state index contributed by atoms with van der Waals surface area (Å²) < 4.78 is 10.2. The van der Waals surface area contributed by atoms with Crippen LogP contribution in [0.3, 0.4) is 0 Å². The third-order valence-electron chi connectivity index (χ3n) is 4.96. The minimum atomic E-state index is -0.525. The predicted octanol–water partition coefficient (Wildman–Crippen LogP) is 3.48. The van der Waals surface area contributed by atoms with Crippen molar-refractivity contribution in [3.05, 3.63) is 38.7 Å². The van der Waals surface area contributed by atoms with Crippen LogP contribution in [0.5, 0.6) is 11.5 Å². The number of methoxy groups -OCH3 is 1. The number of hydrogen-bond acceptors (Lipinski definition) is 7. The van der Waals surface area contributed by atoms with Gasteiger partial charge in [-0.3, -0.25) is 4.79 Å². The molecule has 154 valence electrons. The number of nitrogens with zero attached hydrogens (tertiary/aromatic N) is 1. The van der Waals surface area contributed by atoms with Crippen LogP contribution < -0.4 is 15.4 Å². The summed E-state index contributed by atoms with van der Waals surface area (Å²) in [4.78, 5) is 27.5. The van der Waals surface area contributed by atoms with Gasteiger partial charge in [0.15, 0.2) is 11.5 Å². The van der Waals surface area contributed by atoms with Crippen LogP contribution >= 0.6 is 22.9 Å². The predicted molar refractivity (Wildman–Crippen MR) is 109 cm³/mol. The van der Waals surface area contributed by atoms with E-state index in [1.54, 1.807) is 24.0 Å². The summed E-state index contributed by atoms with van der Waals surface area (Å²) in [6, 6.07) is 3.21. The number of hydrogen-bond donors (Lipinski definition) is 3. The Balaban J connectivity index is 1.62. The lowest BCUT2D eigenvalue weighted by Gasteiger charge is -2.28. The number of carbonyl (C=O) groups excluding carboxylic acids is 2. The molecule has 29 heavy (non-hydrogen) atoms. The average Bonchev–Trinajstić information content (AvgIpc) is 3.08. The third-order valence-corrected chi connectivity index (χ3v) is 6.40. The molecule has 0 fully saturated rings. The molecule has 8 nitrogen and oxygen atoms in total. The van der Waals surface area contributed by atoms with Gasteiger partial charge in [-0.1, -0.05) is 11.6 Å². The number of anilines is 1. The maximum atomic E-state index is 12.9. The minimum absolute atomic E-state index is 0.136. The molecule has 2 aliphatic rings. The smallest absolute Gasteiger partial charge is 0.410 e. The van der Waals surface area contributed by atoms with Crippen LogP contribution in [0.2, 0.25) is 5.02 Å². The summed E-state index contributed by atoms with van der Waals surface area (Å²) in [5.74, 6) is -0.106. The van der Waals surface area contributed by atoms with Gasteiger partial charge in [-0.05, 0) is 36.6 Å². The van der Waals surface area contributed by atoms with Crippen LogP contribution in [0, 0.1) is 0 Å². The quantitative estimate of drug-likeness (QED) is 0.679. The molecule has 0 spiro atoms. The topological polar surface area (TPSA) is 100 Å². The molecule has 1 atom stereocenters. The summed E-state index contributed by atoms with van der Waals surface area (Å²) in [6.45, 7) is 3.03. The Hall–Kier alpha value is -2.65. The zero-order valence-electron chi connectivity index (χ0n) is 15.9. The number of nitrogens with one attached hydrogen (secondary N) is 2. The van der Waals surface area contributed by atoms with Crippen molar-refractivity contribution in [3.63, 3.8) is 0 Å². The van der Waals surface area contributed by atoms with Gasteiger partial charge in [0.25, 0.3) is 5.91 Å². The molecule has 1 aromatic carbocycles. The number of amides is 2. The van der Waals surface area contributed by atoms with Gasteiger partial charge in [0.05, 0.1) is 30.8 Å². The van der Waals surface area contributed by atoms with Crippen molar-refractivity contribution in [1.82, 2.24) is 10.2 Å². The normalized spacial score (nSPS) is 17.7. The molecule has 0 unspecified atom stereocenters. The summed E-state index contributed by atoms with van der Waals surface area (Å²) in [7, 11) is 1.43. The van der Waals surface area contributed by atoms with E-state index in [-0.39, 0.29) is 28.5 Å². The average molecular weight is 438 g/mol. The highest BCUT2D eigenvalue weighted by molar-refractivity contribution is 7.16. The first-order valence-corrected chi connectivity index (χ1v) is 10.3. The molecular formula is C19H20ClN3O5S. The Bertz CT molecular complexity index is 993. The van der Waals surface area contributed by atoms with E-state index in [1.807, 2.05) is 0 Å². The molecule has 0 radical (unpaired) electrons. The van der Waals surface area contributed by atoms with Gasteiger partial charge in [-0.25, -0.2) is 4.79 Å². The Morgan fingerprint density at radius 3 is 2.93 bits per heavy atom. The molecular weight excluding hydrogens is 418 g/mol. The van der Waals surface area contributed by atoms with Crippen LogP contribution in [0.15, 0.2) is 12.1 Å². The summed E-state index contributed by atoms with van der Waals surface area (Å²) in [6.07, 6.45) is -0.271. The summed E-state index contributed by atoms with van der Waals surface area (Å²) in [5, 5.41) is 17.1. The molecule has 0 bridgehead atoms. The molecule has 0 saturated heterocycles.